The second-order valence-corrected chi connectivity index (χ2v) is 2.17. The fraction of sp³-hybridized carbons (Fsp3) is 0.333. The topological polar surface area (TPSA) is 55.4 Å². The number of rotatable bonds is 0. The number of hydrogen-bond acceptors (Lipinski definition) is 3. The molecule has 0 radical (unpaired) electrons. The van der Waals surface area contributed by atoms with Crippen molar-refractivity contribution >= 4 is 11.9 Å². The highest BCUT2D eigenvalue weighted by Gasteiger charge is 2.27. The molecule has 1 heterocycles. The first-order chi connectivity index (χ1) is 4.61. The van der Waals surface area contributed by atoms with E-state index >= 15 is 0 Å². The standard InChI is InChI=1S/C6H7NO3/c1-3(2)5-7-4(8)6(9)10-5/h1-2H3,(H,7,8). The van der Waals surface area contributed by atoms with E-state index in [1.807, 2.05) is 0 Å². The summed E-state index contributed by atoms with van der Waals surface area (Å²) in [7, 11) is 0. The van der Waals surface area contributed by atoms with Crippen molar-refractivity contribution in [3.63, 3.8) is 0 Å². The van der Waals surface area contributed by atoms with Gasteiger partial charge in [0.05, 0.1) is 0 Å². The van der Waals surface area contributed by atoms with E-state index in [1.165, 1.54) is 0 Å². The molecule has 1 fully saturated rings. The Bertz CT molecular complexity index is 207. The van der Waals surface area contributed by atoms with Crippen LogP contribution in [0.25, 0.3) is 0 Å². The van der Waals surface area contributed by atoms with E-state index in [4.69, 9.17) is 0 Å². The van der Waals surface area contributed by atoms with Gasteiger partial charge in [-0.2, -0.15) is 0 Å². The average molecular weight is 141 g/mol. The quantitative estimate of drug-likeness (QED) is 0.379. The summed E-state index contributed by atoms with van der Waals surface area (Å²) < 4.78 is 4.52. The molecule has 0 aliphatic carbocycles. The van der Waals surface area contributed by atoms with E-state index in [0.29, 0.717) is 0 Å². The zero-order valence-electron chi connectivity index (χ0n) is 5.72. The highest BCUT2D eigenvalue weighted by molar-refractivity contribution is 6.35. The minimum atomic E-state index is -0.837. The first kappa shape index (κ1) is 6.80. The van der Waals surface area contributed by atoms with Crippen molar-refractivity contribution < 1.29 is 14.3 Å². The molecule has 54 valence electrons. The van der Waals surface area contributed by atoms with Gasteiger partial charge in [-0.15, -0.1) is 0 Å². The van der Waals surface area contributed by atoms with Crippen LogP contribution in [-0.2, 0) is 14.3 Å². The summed E-state index contributed by atoms with van der Waals surface area (Å²) >= 11 is 0. The van der Waals surface area contributed by atoms with Crippen LogP contribution >= 0.6 is 0 Å². The van der Waals surface area contributed by atoms with Gasteiger partial charge in [-0.25, -0.2) is 4.79 Å². The maximum atomic E-state index is 10.5. The molecular weight excluding hydrogens is 134 g/mol. The van der Waals surface area contributed by atoms with Crippen molar-refractivity contribution in [3.05, 3.63) is 11.5 Å². The van der Waals surface area contributed by atoms with E-state index in [2.05, 4.69) is 10.1 Å². The second kappa shape index (κ2) is 2.13. The minimum absolute atomic E-state index is 0.259. The summed E-state index contributed by atoms with van der Waals surface area (Å²) in [5, 5.41) is 2.27. The summed E-state index contributed by atoms with van der Waals surface area (Å²) in [6, 6.07) is 0. The van der Waals surface area contributed by atoms with E-state index in [9.17, 15) is 9.59 Å². The Morgan fingerprint density at radius 3 is 2.20 bits per heavy atom. The van der Waals surface area contributed by atoms with Gasteiger partial charge in [0.2, 0.25) is 5.88 Å². The van der Waals surface area contributed by atoms with Gasteiger partial charge < -0.3 is 4.74 Å². The zero-order valence-corrected chi connectivity index (χ0v) is 5.72. The summed E-state index contributed by atoms with van der Waals surface area (Å²) in [5.74, 6) is -1.28. The molecule has 10 heavy (non-hydrogen) atoms. The second-order valence-electron chi connectivity index (χ2n) is 2.17. The molecule has 1 amide bonds. The Balaban J connectivity index is 2.86. The molecule has 0 aromatic carbocycles. The largest absolute Gasteiger partial charge is 0.403 e. The Labute approximate surface area is 57.9 Å². The number of ether oxygens (including phenoxy) is 1. The van der Waals surface area contributed by atoms with Crippen molar-refractivity contribution in [1.29, 1.82) is 0 Å². The summed E-state index contributed by atoms with van der Waals surface area (Å²) in [4.78, 5) is 20.9. The lowest BCUT2D eigenvalue weighted by molar-refractivity contribution is -0.146. The average Bonchev–Trinajstić information content (AvgIpc) is 2.13. The van der Waals surface area contributed by atoms with Crippen molar-refractivity contribution in [2.45, 2.75) is 13.8 Å². The third-order valence-electron chi connectivity index (χ3n) is 1.06. The monoisotopic (exact) mass is 141 g/mol. The van der Waals surface area contributed by atoms with Crippen LogP contribution in [0, 0.1) is 0 Å². The van der Waals surface area contributed by atoms with Crippen LogP contribution in [0.15, 0.2) is 11.5 Å². The van der Waals surface area contributed by atoms with E-state index < -0.39 is 11.9 Å². The van der Waals surface area contributed by atoms with Gasteiger partial charge in [0, 0.05) is 0 Å². The Kier molecular flexibility index (Phi) is 1.45. The Morgan fingerprint density at radius 2 is 2.00 bits per heavy atom. The summed E-state index contributed by atoms with van der Waals surface area (Å²) in [6.45, 7) is 3.49. The van der Waals surface area contributed by atoms with Crippen LogP contribution in [0.5, 0.6) is 0 Å². The van der Waals surface area contributed by atoms with Gasteiger partial charge in [-0.05, 0) is 19.4 Å². The lowest BCUT2D eigenvalue weighted by Gasteiger charge is -1.94. The number of carbonyl (C=O) groups is 2. The SMILES string of the molecule is CC(C)=C1NC(=O)C(=O)O1. The highest BCUT2D eigenvalue weighted by Crippen LogP contribution is 2.07. The predicted octanol–water partition coefficient (Wildman–Crippen LogP) is -0.0892. The highest BCUT2D eigenvalue weighted by atomic mass is 16.6. The molecule has 4 nitrogen and oxygen atoms in total. The predicted molar refractivity (Wildman–Crippen MR) is 32.6 cm³/mol. The maximum Gasteiger partial charge on any atom is 0.403 e. The van der Waals surface area contributed by atoms with Gasteiger partial charge in [-0.3, -0.25) is 10.1 Å². The molecule has 0 aromatic rings. The van der Waals surface area contributed by atoms with Crippen molar-refractivity contribution in [2.24, 2.45) is 0 Å². The lowest BCUT2D eigenvalue weighted by Crippen LogP contribution is -2.18. The van der Waals surface area contributed by atoms with Crippen molar-refractivity contribution in [1.82, 2.24) is 5.32 Å². The molecule has 0 aromatic heterocycles. The molecule has 0 bridgehead atoms. The fourth-order valence-corrected chi connectivity index (χ4v) is 0.546. The van der Waals surface area contributed by atoms with E-state index in [-0.39, 0.29) is 5.88 Å². The molecule has 0 saturated carbocycles. The molecule has 1 aliphatic heterocycles. The third-order valence-corrected chi connectivity index (χ3v) is 1.06. The van der Waals surface area contributed by atoms with E-state index in [1.54, 1.807) is 13.8 Å². The maximum absolute atomic E-state index is 10.5. The fourth-order valence-electron chi connectivity index (χ4n) is 0.546. The lowest BCUT2D eigenvalue weighted by atomic mass is 10.4. The van der Waals surface area contributed by atoms with Crippen LogP contribution in [0.2, 0.25) is 0 Å². The molecule has 4 heteroatoms. The normalized spacial score (nSPS) is 16.8. The van der Waals surface area contributed by atoms with Crippen molar-refractivity contribution in [2.75, 3.05) is 0 Å². The van der Waals surface area contributed by atoms with Crippen LogP contribution in [0.4, 0.5) is 0 Å². The molecule has 1 saturated heterocycles. The van der Waals surface area contributed by atoms with Gasteiger partial charge in [0.15, 0.2) is 0 Å². The number of nitrogens with one attached hydrogen (secondary N) is 1. The number of carbonyl (C=O) groups excluding carboxylic acids is 2. The molecular formula is C6H7NO3. The number of esters is 1. The molecule has 0 spiro atoms. The van der Waals surface area contributed by atoms with Crippen LogP contribution in [0.1, 0.15) is 13.8 Å². The molecule has 1 N–H and O–H groups in total. The van der Waals surface area contributed by atoms with E-state index in [0.717, 1.165) is 5.57 Å². The van der Waals surface area contributed by atoms with Gasteiger partial charge in [0.25, 0.3) is 0 Å². The molecule has 1 aliphatic rings. The number of cyclic esters (lactones) is 1. The Hall–Kier alpha value is -1.32. The Morgan fingerprint density at radius 1 is 1.40 bits per heavy atom. The van der Waals surface area contributed by atoms with Gasteiger partial charge >= 0.3 is 11.9 Å². The van der Waals surface area contributed by atoms with Crippen molar-refractivity contribution in [3.8, 4) is 0 Å². The van der Waals surface area contributed by atoms with Gasteiger partial charge in [-0.1, -0.05) is 0 Å². The first-order valence-corrected chi connectivity index (χ1v) is 2.82. The third kappa shape index (κ3) is 1.00. The van der Waals surface area contributed by atoms with Crippen LogP contribution < -0.4 is 5.32 Å². The van der Waals surface area contributed by atoms with Gasteiger partial charge in [0.1, 0.15) is 0 Å². The summed E-state index contributed by atoms with van der Waals surface area (Å²) in [6.07, 6.45) is 0. The number of allylic oxidation sites excluding steroid dienone is 1. The first-order valence-electron chi connectivity index (χ1n) is 2.82. The van der Waals surface area contributed by atoms with Crippen LogP contribution in [-0.4, -0.2) is 11.9 Å². The summed E-state index contributed by atoms with van der Waals surface area (Å²) in [5.41, 5.74) is 0.777. The minimum Gasteiger partial charge on any atom is -0.402 e. The smallest absolute Gasteiger partial charge is 0.402 e. The molecule has 0 unspecified atom stereocenters. The molecule has 1 rings (SSSR count). The number of hydrogen-bond donors (Lipinski definition) is 1. The molecule has 0 atom stereocenters. The number of amides is 1. The zero-order chi connectivity index (χ0) is 7.72. The van der Waals surface area contributed by atoms with Crippen LogP contribution in [0.3, 0.4) is 0 Å².